The van der Waals surface area contributed by atoms with Crippen molar-refractivity contribution in [2.75, 3.05) is 24.6 Å². The molecule has 0 saturated heterocycles. The number of hydrogen-bond donors (Lipinski definition) is 1. The van der Waals surface area contributed by atoms with Crippen molar-refractivity contribution in [3.63, 3.8) is 0 Å². The van der Waals surface area contributed by atoms with Gasteiger partial charge in [0, 0.05) is 19.3 Å². The fraction of sp³-hybridized carbons (Fsp3) is 0.600. The summed E-state index contributed by atoms with van der Waals surface area (Å²) in [7, 11) is 0. The van der Waals surface area contributed by atoms with Crippen LogP contribution in [0.2, 0.25) is 0 Å². The average Bonchev–Trinajstić information content (AvgIpc) is 2.25. The summed E-state index contributed by atoms with van der Waals surface area (Å²) in [6.45, 7) is 3.88. The molecule has 1 aromatic heterocycles. The Morgan fingerprint density at radius 1 is 1.47 bits per heavy atom. The Hall–Kier alpha value is -0.430. The topological polar surface area (TPSA) is 49.2 Å². The smallest absolute Gasteiger partial charge is 0.145 e. The second kappa shape index (κ2) is 6.95. The molecule has 5 heteroatoms. The first-order valence-electron chi connectivity index (χ1n) is 5.11. The Balaban J connectivity index is 2.74. The molecule has 0 atom stereocenters. The van der Waals surface area contributed by atoms with E-state index in [1.54, 1.807) is 12.5 Å². The van der Waals surface area contributed by atoms with E-state index in [-0.39, 0.29) is 6.61 Å². The highest BCUT2D eigenvalue weighted by atomic mass is 127. The average molecular weight is 321 g/mol. The van der Waals surface area contributed by atoms with Crippen molar-refractivity contribution in [2.45, 2.75) is 19.8 Å². The van der Waals surface area contributed by atoms with Crippen LogP contribution in [0, 0.1) is 3.57 Å². The zero-order valence-corrected chi connectivity index (χ0v) is 11.0. The standard InChI is InChI=1S/C10H16IN3O/c1-2-3-4-14(5-6-15)10-9(11)7-12-8-13-10/h7-8,15H,2-6H2,1H3. The van der Waals surface area contributed by atoms with Crippen molar-refractivity contribution in [2.24, 2.45) is 0 Å². The number of aromatic nitrogens is 2. The van der Waals surface area contributed by atoms with Crippen molar-refractivity contribution in [3.05, 3.63) is 16.1 Å². The van der Waals surface area contributed by atoms with Crippen molar-refractivity contribution in [1.82, 2.24) is 9.97 Å². The number of unbranched alkanes of at least 4 members (excludes halogenated alkanes) is 1. The van der Waals surface area contributed by atoms with Gasteiger partial charge in [0.2, 0.25) is 0 Å². The highest BCUT2D eigenvalue weighted by molar-refractivity contribution is 14.1. The van der Waals surface area contributed by atoms with Crippen molar-refractivity contribution >= 4 is 28.4 Å². The van der Waals surface area contributed by atoms with Crippen molar-refractivity contribution in [3.8, 4) is 0 Å². The van der Waals surface area contributed by atoms with Gasteiger partial charge < -0.3 is 10.0 Å². The molecule has 0 saturated carbocycles. The molecule has 0 spiro atoms. The lowest BCUT2D eigenvalue weighted by atomic mass is 10.3. The lowest BCUT2D eigenvalue weighted by Gasteiger charge is -2.23. The van der Waals surface area contributed by atoms with Crippen LogP contribution in [0.25, 0.3) is 0 Å². The molecule has 1 heterocycles. The Morgan fingerprint density at radius 2 is 2.27 bits per heavy atom. The molecule has 0 bridgehead atoms. The van der Waals surface area contributed by atoms with Gasteiger partial charge >= 0.3 is 0 Å². The van der Waals surface area contributed by atoms with Gasteiger partial charge in [-0.15, -0.1) is 0 Å². The molecule has 0 unspecified atom stereocenters. The first kappa shape index (κ1) is 12.6. The molecular formula is C10H16IN3O. The molecule has 1 aromatic rings. The summed E-state index contributed by atoms with van der Waals surface area (Å²) in [5.74, 6) is 0.924. The predicted octanol–water partition coefficient (Wildman–Crippen LogP) is 1.68. The summed E-state index contributed by atoms with van der Waals surface area (Å²) in [5, 5.41) is 9.00. The number of nitrogens with zero attached hydrogens (tertiary/aromatic N) is 3. The second-order valence-corrected chi connectivity index (χ2v) is 4.42. The summed E-state index contributed by atoms with van der Waals surface area (Å²) in [6, 6.07) is 0. The number of anilines is 1. The van der Waals surface area contributed by atoms with Gasteiger partial charge in [0.1, 0.15) is 12.1 Å². The highest BCUT2D eigenvalue weighted by Crippen LogP contribution is 2.18. The molecule has 1 N–H and O–H groups in total. The van der Waals surface area contributed by atoms with E-state index in [1.165, 1.54) is 0 Å². The summed E-state index contributed by atoms with van der Waals surface area (Å²) in [5.41, 5.74) is 0. The molecule has 0 fully saturated rings. The van der Waals surface area contributed by atoms with Crippen LogP contribution in [-0.4, -0.2) is 34.8 Å². The minimum atomic E-state index is 0.157. The summed E-state index contributed by atoms with van der Waals surface area (Å²) < 4.78 is 1.03. The van der Waals surface area contributed by atoms with Gasteiger partial charge in [-0.25, -0.2) is 9.97 Å². The van der Waals surface area contributed by atoms with E-state index >= 15 is 0 Å². The van der Waals surface area contributed by atoms with E-state index in [9.17, 15) is 0 Å². The molecule has 0 aliphatic carbocycles. The molecule has 84 valence electrons. The van der Waals surface area contributed by atoms with Gasteiger partial charge in [0.05, 0.1) is 10.2 Å². The van der Waals surface area contributed by atoms with Crippen LogP contribution in [0.3, 0.4) is 0 Å². The zero-order chi connectivity index (χ0) is 11.1. The summed E-state index contributed by atoms with van der Waals surface area (Å²) in [6.07, 6.45) is 5.59. The summed E-state index contributed by atoms with van der Waals surface area (Å²) in [4.78, 5) is 10.3. The van der Waals surface area contributed by atoms with Gasteiger partial charge in [0.25, 0.3) is 0 Å². The number of aliphatic hydroxyl groups excluding tert-OH is 1. The van der Waals surface area contributed by atoms with Crippen LogP contribution in [-0.2, 0) is 0 Å². The first-order chi connectivity index (χ1) is 7.29. The van der Waals surface area contributed by atoms with Crippen molar-refractivity contribution in [1.29, 1.82) is 0 Å². The molecule has 0 aliphatic heterocycles. The first-order valence-corrected chi connectivity index (χ1v) is 6.18. The normalized spacial score (nSPS) is 10.3. The predicted molar refractivity (Wildman–Crippen MR) is 69.0 cm³/mol. The van der Waals surface area contributed by atoms with Crippen LogP contribution < -0.4 is 4.90 Å². The Kier molecular flexibility index (Phi) is 5.85. The Morgan fingerprint density at radius 3 is 2.87 bits per heavy atom. The largest absolute Gasteiger partial charge is 0.395 e. The van der Waals surface area contributed by atoms with E-state index in [1.807, 2.05) is 0 Å². The minimum absolute atomic E-state index is 0.157. The maximum atomic E-state index is 9.00. The maximum absolute atomic E-state index is 9.00. The molecule has 0 amide bonds. The van der Waals surface area contributed by atoms with E-state index in [2.05, 4.69) is 44.4 Å². The second-order valence-electron chi connectivity index (χ2n) is 3.26. The Labute approximate surface area is 104 Å². The van der Waals surface area contributed by atoms with Crippen LogP contribution in [0.5, 0.6) is 0 Å². The summed E-state index contributed by atoms with van der Waals surface area (Å²) >= 11 is 2.22. The van der Waals surface area contributed by atoms with Crippen molar-refractivity contribution < 1.29 is 5.11 Å². The van der Waals surface area contributed by atoms with E-state index in [0.717, 1.165) is 28.8 Å². The number of hydrogen-bond acceptors (Lipinski definition) is 4. The third-order valence-electron chi connectivity index (χ3n) is 2.10. The van der Waals surface area contributed by atoms with Crippen LogP contribution >= 0.6 is 22.6 Å². The highest BCUT2D eigenvalue weighted by Gasteiger charge is 2.10. The third-order valence-corrected chi connectivity index (χ3v) is 2.86. The van der Waals surface area contributed by atoms with E-state index in [0.29, 0.717) is 6.54 Å². The molecular weight excluding hydrogens is 305 g/mol. The minimum Gasteiger partial charge on any atom is -0.395 e. The number of aliphatic hydroxyl groups is 1. The monoisotopic (exact) mass is 321 g/mol. The maximum Gasteiger partial charge on any atom is 0.145 e. The van der Waals surface area contributed by atoms with Crippen LogP contribution in [0.4, 0.5) is 5.82 Å². The lowest BCUT2D eigenvalue weighted by Crippen LogP contribution is -2.29. The number of rotatable bonds is 6. The zero-order valence-electron chi connectivity index (χ0n) is 8.86. The molecule has 4 nitrogen and oxygen atoms in total. The quantitative estimate of drug-likeness (QED) is 0.810. The SMILES string of the molecule is CCCCN(CCO)c1ncncc1I. The van der Waals surface area contributed by atoms with Crippen LogP contribution in [0.15, 0.2) is 12.5 Å². The van der Waals surface area contributed by atoms with Gasteiger partial charge in [-0.2, -0.15) is 0 Å². The fourth-order valence-corrected chi connectivity index (χ4v) is 1.97. The Bertz CT molecular complexity index is 296. The fourth-order valence-electron chi connectivity index (χ4n) is 1.33. The lowest BCUT2D eigenvalue weighted by molar-refractivity contribution is 0.301. The molecule has 0 aliphatic rings. The van der Waals surface area contributed by atoms with Crippen LogP contribution in [0.1, 0.15) is 19.8 Å². The molecule has 1 rings (SSSR count). The van der Waals surface area contributed by atoms with Gasteiger partial charge in [-0.1, -0.05) is 13.3 Å². The van der Waals surface area contributed by atoms with Gasteiger partial charge in [-0.05, 0) is 29.0 Å². The van der Waals surface area contributed by atoms with E-state index in [4.69, 9.17) is 5.11 Å². The molecule has 0 radical (unpaired) electrons. The van der Waals surface area contributed by atoms with E-state index < -0.39 is 0 Å². The number of halogens is 1. The van der Waals surface area contributed by atoms with Gasteiger partial charge in [0.15, 0.2) is 0 Å². The van der Waals surface area contributed by atoms with Gasteiger partial charge in [-0.3, -0.25) is 0 Å². The molecule has 15 heavy (non-hydrogen) atoms. The molecule has 0 aromatic carbocycles. The third kappa shape index (κ3) is 3.90.